The molecule has 0 bridgehead atoms. The smallest absolute Gasteiger partial charge is 0.497 e. The molecule has 0 heterocycles. The maximum atomic E-state index is 11.8. The van der Waals surface area contributed by atoms with Crippen molar-refractivity contribution < 1.29 is 19.0 Å². The van der Waals surface area contributed by atoms with Crippen molar-refractivity contribution in [3.8, 4) is 11.5 Å². The van der Waals surface area contributed by atoms with Gasteiger partial charge in [-0.3, -0.25) is 0 Å². The molecule has 2 rings (SSSR count). The molecule has 0 saturated heterocycles. The molecular weight excluding hydrogens is 280 g/mol. The van der Waals surface area contributed by atoms with Crippen LogP contribution in [0.25, 0.3) is 6.08 Å². The fraction of sp³-hybridized carbons (Fsp3) is 0.167. The van der Waals surface area contributed by atoms with E-state index >= 15 is 0 Å². The maximum absolute atomic E-state index is 11.8. The highest BCUT2D eigenvalue weighted by Crippen LogP contribution is 2.22. The molecule has 0 saturated carbocycles. The molecule has 0 aliphatic carbocycles. The summed E-state index contributed by atoms with van der Waals surface area (Å²) in [6, 6.07) is 14.3. The van der Waals surface area contributed by atoms with Gasteiger partial charge in [0.25, 0.3) is 0 Å². The number of carbonyl (C=O) groups excluding carboxylic acids is 1. The number of hydrogen-bond acceptors (Lipinski definition) is 4. The standard InChI is InChI=1S/C18H18O4/c1-4-14-8-10-16(11-9-14)22-18(19)21-13(2)15-6-5-7-17(12-15)20-3/h4-13H,1H2,2-3H3. The Bertz CT molecular complexity index is 646. The minimum Gasteiger partial charge on any atom is -0.497 e. The first-order valence-corrected chi connectivity index (χ1v) is 6.87. The SMILES string of the molecule is C=Cc1ccc(OC(=O)OC(C)c2cccc(OC)c2)cc1. The lowest BCUT2D eigenvalue weighted by atomic mass is 10.1. The van der Waals surface area contributed by atoms with E-state index in [9.17, 15) is 4.79 Å². The van der Waals surface area contributed by atoms with Crippen LogP contribution < -0.4 is 9.47 Å². The normalized spacial score (nSPS) is 11.4. The maximum Gasteiger partial charge on any atom is 0.514 e. The van der Waals surface area contributed by atoms with E-state index in [0.717, 1.165) is 11.1 Å². The van der Waals surface area contributed by atoms with Crippen LogP contribution in [0.5, 0.6) is 11.5 Å². The fourth-order valence-electron chi connectivity index (χ4n) is 1.90. The van der Waals surface area contributed by atoms with Gasteiger partial charge in [-0.2, -0.15) is 0 Å². The lowest BCUT2D eigenvalue weighted by Gasteiger charge is -2.14. The van der Waals surface area contributed by atoms with Gasteiger partial charge in [0.05, 0.1) is 7.11 Å². The lowest BCUT2D eigenvalue weighted by Crippen LogP contribution is -2.13. The summed E-state index contributed by atoms with van der Waals surface area (Å²) >= 11 is 0. The molecule has 22 heavy (non-hydrogen) atoms. The average Bonchev–Trinajstić information content (AvgIpc) is 2.55. The first kappa shape index (κ1) is 15.6. The molecule has 2 aromatic carbocycles. The Hall–Kier alpha value is -2.75. The molecule has 4 heteroatoms. The number of rotatable bonds is 5. The van der Waals surface area contributed by atoms with E-state index in [-0.39, 0.29) is 0 Å². The highest BCUT2D eigenvalue weighted by Gasteiger charge is 2.14. The van der Waals surface area contributed by atoms with Gasteiger partial charge in [-0.25, -0.2) is 4.79 Å². The van der Waals surface area contributed by atoms with Gasteiger partial charge in [0.15, 0.2) is 0 Å². The molecule has 0 aliphatic heterocycles. The van der Waals surface area contributed by atoms with E-state index in [4.69, 9.17) is 14.2 Å². The van der Waals surface area contributed by atoms with E-state index in [1.807, 2.05) is 24.3 Å². The summed E-state index contributed by atoms with van der Waals surface area (Å²) in [4.78, 5) is 11.8. The molecule has 0 N–H and O–H groups in total. The molecule has 114 valence electrons. The number of benzene rings is 2. The van der Waals surface area contributed by atoms with Gasteiger partial charge in [0.2, 0.25) is 0 Å². The molecule has 0 amide bonds. The molecule has 1 atom stereocenters. The van der Waals surface area contributed by atoms with Crippen molar-refractivity contribution in [1.82, 2.24) is 0 Å². The third-order valence-corrected chi connectivity index (χ3v) is 3.15. The van der Waals surface area contributed by atoms with Crippen molar-refractivity contribution in [2.45, 2.75) is 13.0 Å². The Balaban J connectivity index is 1.96. The zero-order valence-corrected chi connectivity index (χ0v) is 12.6. The second kappa shape index (κ2) is 7.31. The topological polar surface area (TPSA) is 44.8 Å². The molecule has 0 aromatic heterocycles. The van der Waals surface area contributed by atoms with Crippen LogP contribution >= 0.6 is 0 Å². The van der Waals surface area contributed by atoms with Crippen molar-refractivity contribution in [2.75, 3.05) is 7.11 Å². The molecule has 4 nitrogen and oxygen atoms in total. The number of hydrogen-bond donors (Lipinski definition) is 0. The minimum absolute atomic E-state index is 0.424. The zero-order valence-electron chi connectivity index (χ0n) is 12.6. The van der Waals surface area contributed by atoms with Gasteiger partial charge in [-0.15, -0.1) is 0 Å². The summed E-state index contributed by atoms with van der Waals surface area (Å²) < 4.78 is 15.5. The van der Waals surface area contributed by atoms with E-state index in [2.05, 4.69) is 6.58 Å². The number of carbonyl (C=O) groups is 1. The first-order valence-electron chi connectivity index (χ1n) is 6.87. The van der Waals surface area contributed by atoms with Gasteiger partial charge >= 0.3 is 6.16 Å². The van der Waals surface area contributed by atoms with Crippen LogP contribution in [0.1, 0.15) is 24.2 Å². The van der Waals surface area contributed by atoms with Crippen LogP contribution in [-0.4, -0.2) is 13.3 Å². The Morgan fingerprint density at radius 2 is 1.86 bits per heavy atom. The Labute approximate surface area is 129 Å². The van der Waals surface area contributed by atoms with Gasteiger partial charge in [0.1, 0.15) is 17.6 Å². The van der Waals surface area contributed by atoms with Gasteiger partial charge in [-0.1, -0.05) is 36.9 Å². The monoisotopic (exact) mass is 298 g/mol. The highest BCUT2D eigenvalue weighted by atomic mass is 16.7. The summed E-state index contributed by atoms with van der Waals surface area (Å²) in [5, 5.41) is 0. The highest BCUT2D eigenvalue weighted by molar-refractivity contribution is 5.64. The van der Waals surface area contributed by atoms with Crippen LogP contribution in [-0.2, 0) is 4.74 Å². The van der Waals surface area contributed by atoms with Crippen molar-refractivity contribution in [3.05, 3.63) is 66.2 Å². The Morgan fingerprint density at radius 1 is 1.14 bits per heavy atom. The summed E-state index contributed by atoms with van der Waals surface area (Å²) in [6.45, 7) is 5.44. The average molecular weight is 298 g/mol. The minimum atomic E-state index is -0.748. The number of methoxy groups -OCH3 is 1. The van der Waals surface area contributed by atoms with Crippen molar-refractivity contribution in [2.24, 2.45) is 0 Å². The predicted octanol–water partition coefficient (Wildman–Crippen LogP) is 4.61. The second-order valence-electron chi connectivity index (χ2n) is 4.66. The third kappa shape index (κ3) is 4.12. The van der Waals surface area contributed by atoms with E-state index in [1.165, 1.54) is 0 Å². The van der Waals surface area contributed by atoms with Gasteiger partial charge in [-0.05, 0) is 42.3 Å². The third-order valence-electron chi connectivity index (χ3n) is 3.15. The first-order chi connectivity index (χ1) is 10.6. The summed E-state index contributed by atoms with van der Waals surface area (Å²) in [5.41, 5.74) is 1.78. The van der Waals surface area contributed by atoms with Crippen LogP contribution in [0.2, 0.25) is 0 Å². The fourth-order valence-corrected chi connectivity index (χ4v) is 1.90. The molecule has 2 aromatic rings. The van der Waals surface area contributed by atoms with Crippen molar-refractivity contribution >= 4 is 12.2 Å². The zero-order chi connectivity index (χ0) is 15.9. The largest absolute Gasteiger partial charge is 0.514 e. The lowest BCUT2D eigenvalue weighted by molar-refractivity contribution is 0.0654. The Kier molecular flexibility index (Phi) is 5.20. The molecule has 1 unspecified atom stereocenters. The predicted molar refractivity (Wildman–Crippen MR) is 85.1 cm³/mol. The molecule has 0 fully saturated rings. The van der Waals surface area contributed by atoms with Crippen LogP contribution in [0.15, 0.2) is 55.1 Å². The van der Waals surface area contributed by atoms with Gasteiger partial charge < -0.3 is 14.2 Å². The summed E-state index contributed by atoms with van der Waals surface area (Å²) in [6.07, 6.45) is 0.532. The van der Waals surface area contributed by atoms with Crippen molar-refractivity contribution in [1.29, 1.82) is 0 Å². The quantitative estimate of drug-likeness (QED) is 0.597. The molecular formula is C18H18O4. The van der Waals surface area contributed by atoms with Crippen LogP contribution in [0.3, 0.4) is 0 Å². The van der Waals surface area contributed by atoms with Crippen LogP contribution in [0.4, 0.5) is 4.79 Å². The van der Waals surface area contributed by atoms with E-state index < -0.39 is 12.3 Å². The Morgan fingerprint density at radius 3 is 2.50 bits per heavy atom. The van der Waals surface area contributed by atoms with Crippen LogP contribution in [0, 0.1) is 0 Å². The van der Waals surface area contributed by atoms with Crippen molar-refractivity contribution in [3.63, 3.8) is 0 Å². The van der Waals surface area contributed by atoms with E-state index in [1.54, 1.807) is 44.4 Å². The van der Waals surface area contributed by atoms with Gasteiger partial charge in [0, 0.05) is 0 Å². The number of ether oxygens (including phenoxy) is 3. The second-order valence-corrected chi connectivity index (χ2v) is 4.66. The van der Waals surface area contributed by atoms with E-state index in [0.29, 0.717) is 11.5 Å². The molecule has 0 radical (unpaired) electrons. The summed E-state index contributed by atoms with van der Waals surface area (Å²) in [5.74, 6) is 1.13. The summed E-state index contributed by atoms with van der Waals surface area (Å²) in [7, 11) is 1.59. The molecule has 0 spiro atoms. The molecule has 0 aliphatic rings.